The first kappa shape index (κ1) is 15.0. The van der Waals surface area contributed by atoms with Crippen molar-refractivity contribution in [3.05, 3.63) is 30.5 Å². The van der Waals surface area contributed by atoms with Crippen molar-refractivity contribution < 1.29 is 27.5 Å². The Hall–Kier alpha value is -1.90. The van der Waals surface area contributed by atoms with Gasteiger partial charge in [-0.15, -0.1) is 0 Å². The predicted molar refractivity (Wildman–Crippen MR) is 77.0 cm³/mol. The van der Waals surface area contributed by atoms with Crippen molar-refractivity contribution in [1.82, 2.24) is 4.72 Å². The Morgan fingerprint density at radius 1 is 1.36 bits per heavy atom. The van der Waals surface area contributed by atoms with Gasteiger partial charge in [0.1, 0.15) is 5.58 Å². The number of sulfonamides is 1. The van der Waals surface area contributed by atoms with Crippen molar-refractivity contribution in [2.75, 3.05) is 13.2 Å². The molecule has 3 rings (SSSR count). The summed E-state index contributed by atoms with van der Waals surface area (Å²) in [5.74, 6) is -1.15. The first-order chi connectivity index (χ1) is 10.4. The van der Waals surface area contributed by atoms with Crippen LogP contribution in [0, 0.1) is 0 Å². The Morgan fingerprint density at radius 2 is 2.18 bits per heavy atom. The van der Waals surface area contributed by atoms with Crippen LogP contribution in [0.3, 0.4) is 0 Å². The van der Waals surface area contributed by atoms with Gasteiger partial charge in [-0.1, -0.05) is 0 Å². The summed E-state index contributed by atoms with van der Waals surface area (Å²) in [6, 6.07) is 6.11. The van der Waals surface area contributed by atoms with E-state index in [2.05, 4.69) is 4.72 Å². The molecule has 1 aromatic heterocycles. The molecule has 1 unspecified atom stereocenters. The Labute approximate surface area is 126 Å². The molecule has 0 bridgehead atoms. The lowest BCUT2D eigenvalue weighted by atomic mass is 10.0. The molecule has 1 aliphatic rings. The lowest BCUT2D eigenvalue weighted by Crippen LogP contribution is -2.48. The van der Waals surface area contributed by atoms with E-state index in [1.807, 2.05) is 0 Å². The number of aliphatic carboxylic acids is 1. The molecule has 7 nitrogen and oxygen atoms in total. The number of ether oxygens (including phenoxy) is 1. The second kappa shape index (κ2) is 5.38. The van der Waals surface area contributed by atoms with Crippen LogP contribution in [-0.4, -0.2) is 38.2 Å². The Bertz CT molecular complexity index is 804. The number of furan rings is 1. The zero-order valence-corrected chi connectivity index (χ0v) is 12.4. The number of carboxylic acids is 1. The number of hydrogen-bond donors (Lipinski definition) is 2. The number of rotatable bonds is 5. The van der Waals surface area contributed by atoms with Crippen LogP contribution in [0.1, 0.15) is 12.8 Å². The van der Waals surface area contributed by atoms with Gasteiger partial charge < -0.3 is 14.3 Å². The van der Waals surface area contributed by atoms with Gasteiger partial charge in [0.05, 0.1) is 17.7 Å². The van der Waals surface area contributed by atoms with E-state index < -0.39 is 21.6 Å². The van der Waals surface area contributed by atoms with Gasteiger partial charge in [-0.05, 0) is 37.1 Å². The van der Waals surface area contributed by atoms with E-state index in [4.69, 9.17) is 9.15 Å². The predicted octanol–water partition coefficient (Wildman–Crippen LogP) is 1.34. The molecule has 22 heavy (non-hydrogen) atoms. The standard InChI is InChI=1S/C14H15NO6S/c16-13(17)14(5-1-6-21-14)9-15-22(18,19)11-2-3-12-10(8-11)4-7-20-12/h2-4,7-8,15H,1,5-6,9H2,(H,16,17). The van der Waals surface area contributed by atoms with Crippen molar-refractivity contribution in [3.63, 3.8) is 0 Å². The zero-order chi connectivity index (χ0) is 15.8. The summed E-state index contributed by atoms with van der Waals surface area (Å²) in [5.41, 5.74) is -0.896. The van der Waals surface area contributed by atoms with Crippen LogP contribution in [0.25, 0.3) is 11.0 Å². The minimum absolute atomic E-state index is 0.0555. The van der Waals surface area contributed by atoms with Gasteiger partial charge in [-0.25, -0.2) is 17.9 Å². The summed E-state index contributed by atoms with van der Waals surface area (Å²) in [6.45, 7) is 0.0170. The molecule has 1 saturated heterocycles. The Morgan fingerprint density at radius 3 is 2.86 bits per heavy atom. The first-order valence-electron chi connectivity index (χ1n) is 6.77. The molecule has 8 heteroatoms. The van der Waals surface area contributed by atoms with Gasteiger partial charge in [-0.2, -0.15) is 0 Å². The van der Waals surface area contributed by atoms with Gasteiger partial charge in [0, 0.05) is 12.0 Å². The molecule has 2 aromatic rings. The van der Waals surface area contributed by atoms with Crippen molar-refractivity contribution in [2.45, 2.75) is 23.3 Å². The van der Waals surface area contributed by atoms with Crippen LogP contribution in [0.5, 0.6) is 0 Å². The number of nitrogens with one attached hydrogen (secondary N) is 1. The molecule has 0 amide bonds. The number of fused-ring (bicyclic) bond motifs is 1. The van der Waals surface area contributed by atoms with Crippen LogP contribution in [-0.2, 0) is 19.6 Å². The lowest BCUT2D eigenvalue weighted by Gasteiger charge is -2.23. The summed E-state index contributed by atoms with van der Waals surface area (Å²) >= 11 is 0. The fourth-order valence-corrected chi connectivity index (χ4v) is 3.61. The Balaban J connectivity index is 1.82. The fraction of sp³-hybridized carbons (Fsp3) is 0.357. The highest BCUT2D eigenvalue weighted by Crippen LogP contribution is 2.26. The van der Waals surface area contributed by atoms with E-state index in [0.717, 1.165) is 0 Å². The van der Waals surface area contributed by atoms with E-state index in [1.54, 1.807) is 12.1 Å². The minimum Gasteiger partial charge on any atom is -0.479 e. The average Bonchev–Trinajstić information content (AvgIpc) is 3.14. The first-order valence-corrected chi connectivity index (χ1v) is 8.26. The van der Waals surface area contributed by atoms with Crippen LogP contribution >= 0.6 is 0 Å². The van der Waals surface area contributed by atoms with Gasteiger partial charge in [0.25, 0.3) is 0 Å². The SMILES string of the molecule is O=C(O)C1(CNS(=O)(=O)c2ccc3occc3c2)CCCO1. The molecular weight excluding hydrogens is 310 g/mol. The summed E-state index contributed by atoms with van der Waals surface area (Å²) in [7, 11) is -3.82. The van der Waals surface area contributed by atoms with Crippen LogP contribution < -0.4 is 4.72 Å². The van der Waals surface area contributed by atoms with Crippen molar-refractivity contribution >= 4 is 27.0 Å². The van der Waals surface area contributed by atoms with Gasteiger partial charge in [0.2, 0.25) is 10.0 Å². The molecule has 118 valence electrons. The molecular formula is C14H15NO6S. The molecule has 2 N–H and O–H groups in total. The minimum atomic E-state index is -3.82. The lowest BCUT2D eigenvalue weighted by molar-refractivity contribution is -0.159. The van der Waals surface area contributed by atoms with E-state index in [-0.39, 0.29) is 17.9 Å². The average molecular weight is 325 g/mol. The van der Waals surface area contributed by atoms with Gasteiger partial charge >= 0.3 is 5.97 Å². The molecule has 1 aromatic carbocycles. The molecule has 1 aliphatic heterocycles. The smallest absolute Gasteiger partial charge is 0.337 e. The van der Waals surface area contributed by atoms with Crippen molar-refractivity contribution in [3.8, 4) is 0 Å². The highest BCUT2D eigenvalue weighted by atomic mass is 32.2. The topological polar surface area (TPSA) is 106 Å². The molecule has 2 heterocycles. The van der Waals surface area contributed by atoms with E-state index in [0.29, 0.717) is 24.0 Å². The van der Waals surface area contributed by atoms with E-state index in [1.165, 1.54) is 18.4 Å². The molecule has 0 radical (unpaired) electrons. The molecule has 0 spiro atoms. The van der Waals surface area contributed by atoms with Crippen molar-refractivity contribution in [1.29, 1.82) is 0 Å². The summed E-state index contributed by atoms with van der Waals surface area (Å²) in [5, 5.41) is 9.93. The zero-order valence-electron chi connectivity index (χ0n) is 11.6. The van der Waals surface area contributed by atoms with Crippen LogP contribution in [0.15, 0.2) is 39.8 Å². The second-order valence-corrected chi connectivity index (χ2v) is 6.96. The van der Waals surface area contributed by atoms with Crippen LogP contribution in [0.4, 0.5) is 0 Å². The number of carboxylic acid groups (broad SMARTS) is 1. The quantitative estimate of drug-likeness (QED) is 0.859. The van der Waals surface area contributed by atoms with Gasteiger partial charge in [0.15, 0.2) is 5.60 Å². The maximum absolute atomic E-state index is 12.3. The largest absolute Gasteiger partial charge is 0.479 e. The van der Waals surface area contributed by atoms with Crippen LogP contribution in [0.2, 0.25) is 0 Å². The van der Waals surface area contributed by atoms with Crippen molar-refractivity contribution in [2.24, 2.45) is 0 Å². The summed E-state index contributed by atoms with van der Waals surface area (Å²) < 4.78 is 37.4. The summed E-state index contributed by atoms with van der Waals surface area (Å²) in [4.78, 5) is 11.4. The number of hydrogen-bond acceptors (Lipinski definition) is 5. The van der Waals surface area contributed by atoms with E-state index >= 15 is 0 Å². The molecule has 0 aliphatic carbocycles. The normalized spacial score (nSPS) is 22.2. The maximum Gasteiger partial charge on any atom is 0.337 e. The monoisotopic (exact) mass is 325 g/mol. The number of carbonyl (C=O) groups is 1. The molecule has 1 atom stereocenters. The highest BCUT2D eigenvalue weighted by molar-refractivity contribution is 7.89. The van der Waals surface area contributed by atoms with Gasteiger partial charge in [-0.3, -0.25) is 0 Å². The number of benzene rings is 1. The molecule has 1 fully saturated rings. The third kappa shape index (κ3) is 2.60. The molecule has 0 saturated carbocycles. The van der Waals surface area contributed by atoms with E-state index in [9.17, 15) is 18.3 Å². The summed E-state index contributed by atoms with van der Waals surface area (Å²) in [6.07, 6.45) is 2.35. The maximum atomic E-state index is 12.3. The highest BCUT2D eigenvalue weighted by Gasteiger charge is 2.43. The third-order valence-corrected chi connectivity index (χ3v) is 5.17. The Kier molecular flexibility index (Phi) is 3.67. The fourth-order valence-electron chi connectivity index (χ4n) is 2.49. The third-order valence-electron chi connectivity index (χ3n) is 3.77. The second-order valence-electron chi connectivity index (χ2n) is 5.20.